The highest BCUT2D eigenvalue weighted by Gasteiger charge is 2.38. The predicted molar refractivity (Wildman–Crippen MR) is 120 cm³/mol. The summed E-state index contributed by atoms with van der Waals surface area (Å²) >= 11 is 1.79. The van der Waals surface area contributed by atoms with Crippen molar-refractivity contribution in [3.8, 4) is 0 Å². The van der Waals surface area contributed by atoms with Crippen molar-refractivity contribution < 1.29 is 46.1 Å². The SMILES string of the molecule is O=C(O)C(F)(F)F.O=C(O)C(F)(F)F.c1cc(CN2CCC(n3cc(CN4CCCC4)nn3)CC2)cs1. The lowest BCUT2D eigenvalue weighted by molar-refractivity contribution is -0.193. The summed E-state index contributed by atoms with van der Waals surface area (Å²) in [6.45, 7) is 6.80. The molecule has 0 saturated carbocycles. The third-order valence-corrected chi connectivity index (χ3v) is 6.28. The average Bonchev–Trinajstić information content (AvgIpc) is 3.58. The van der Waals surface area contributed by atoms with Crippen LogP contribution in [0.1, 0.15) is 43.0 Å². The van der Waals surface area contributed by atoms with Gasteiger partial charge in [-0.25, -0.2) is 14.3 Å². The largest absolute Gasteiger partial charge is 0.490 e. The lowest BCUT2D eigenvalue weighted by Crippen LogP contribution is -2.34. The first-order chi connectivity index (χ1) is 17.3. The van der Waals surface area contributed by atoms with E-state index >= 15 is 0 Å². The molecule has 2 aliphatic rings. The van der Waals surface area contributed by atoms with Crippen molar-refractivity contribution in [2.75, 3.05) is 26.2 Å². The Bertz CT molecular complexity index is 945. The van der Waals surface area contributed by atoms with E-state index in [9.17, 15) is 26.3 Å². The van der Waals surface area contributed by atoms with Gasteiger partial charge in [-0.2, -0.15) is 37.7 Å². The molecule has 4 rings (SSSR count). The van der Waals surface area contributed by atoms with Crippen LogP contribution in [-0.2, 0) is 22.7 Å². The van der Waals surface area contributed by atoms with Gasteiger partial charge in [0.2, 0.25) is 0 Å². The van der Waals surface area contributed by atoms with Gasteiger partial charge in [-0.3, -0.25) is 9.80 Å². The van der Waals surface area contributed by atoms with Gasteiger partial charge in [-0.15, -0.1) is 5.10 Å². The summed E-state index contributed by atoms with van der Waals surface area (Å²) in [5.74, 6) is -5.51. The summed E-state index contributed by atoms with van der Waals surface area (Å²) in [6, 6.07) is 2.76. The summed E-state index contributed by atoms with van der Waals surface area (Å²) < 4.78 is 65.6. The summed E-state index contributed by atoms with van der Waals surface area (Å²) in [5, 5.41) is 27.5. The van der Waals surface area contributed by atoms with Crippen molar-refractivity contribution >= 4 is 23.3 Å². The van der Waals surface area contributed by atoms with Gasteiger partial charge in [0.05, 0.1) is 17.9 Å². The molecule has 0 amide bonds. The van der Waals surface area contributed by atoms with E-state index in [0.29, 0.717) is 6.04 Å². The van der Waals surface area contributed by atoms with E-state index in [2.05, 4.69) is 47.8 Å². The molecule has 9 nitrogen and oxygen atoms in total. The fourth-order valence-electron chi connectivity index (χ4n) is 3.72. The molecule has 2 saturated heterocycles. The van der Waals surface area contributed by atoms with E-state index in [-0.39, 0.29) is 0 Å². The molecular formula is C21H27F6N5O4S. The van der Waals surface area contributed by atoms with Gasteiger partial charge in [-0.05, 0) is 61.2 Å². The molecule has 2 N–H and O–H groups in total. The Balaban J connectivity index is 0.000000286. The maximum Gasteiger partial charge on any atom is 0.490 e. The first-order valence-corrected chi connectivity index (χ1v) is 12.2. The van der Waals surface area contributed by atoms with Gasteiger partial charge in [0.15, 0.2) is 0 Å². The minimum Gasteiger partial charge on any atom is -0.475 e. The number of rotatable bonds is 5. The number of carboxylic acids is 2. The topological polar surface area (TPSA) is 112 Å². The molecule has 37 heavy (non-hydrogen) atoms. The Labute approximate surface area is 212 Å². The van der Waals surface area contributed by atoms with Crippen molar-refractivity contribution in [2.45, 2.75) is 57.2 Å². The maximum absolute atomic E-state index is 10.6. The van der Waals surface area contributed by atoms with Crippen LogP contribution < -0.4 is 0 Å². The number of hydrogen-bond acceptors (Lipinski definition) is 7. The number of aliphatic carboxylic acids is 2. The van der Waals surface area contributed by atoms with Crippen molar-refractivity contribution in [1.82, 2.24) is 24.8 Å². The van der Waals surface area contributed by atoms with Gasteiger partial charge < -0.3 is 10.2 Å². The monoisotopic (exact) mass is 559 g/mol. The van der Waals surface area contributed by atoms with Crippen LogP contribution in [0.3, 0.4) is 0 Å². The molecule has 0 atom stereocenters. The Morgan fingerprint density at radius 2 is 1.43 bits per heavy atom. The number of carbonyl (C=O) groups is 2. The van der Waals surface area contributed by atoms with E-state index in [1.807, 2.05) is 0 Å². The molecule has 2 aliphatic heterocycles. The van der Waals surface area contributed by atoms with Crippen LogP contribution in [0.2, 0.25) is 0 Å². The third-order valence-electron chi connectivity index (χ3n) is 5.54. The second kappa shape index (κ2) is 13.7. The van der Waals surface area contributed by atoms with Gasteiger partial charge in [-0.1, -0.05) is 5.21 Å². The molecule has 0 unspecified atom stereocenters. The van der Waals surface area contributed by atoms with Crippen LogP contribution in [0.5, 0.6) is 0 Å². The predicted octanol–water partition coefficient (Wildman–Crippen LogP) is 4.04. The second-order valence-electron chi connectivity index (χ2n) is 8.42. The van der Waals surface area contributed by atoms with E-state index < -0.39 is 24.3 Å². The number of carboxylic acid groups (broad SMARTS) is 2. The molecule has 0 aromatic carbocycles. The third kappa shape index (κ3) is 11.1. The van der Waals surface area contributed by atoms with E-state index in [1.54, 1.807) is 11.3 Å². The molecular weight excluding hydrogens is 532 g/mol. The van der Waals surface area contributed by atoms with Crippen LogP contribution in [0, 0.1) is 0 Å². The summed E-state index contributed by atoms with van der Waals surface area (Å²) in [6.07, 6.45) is -2.97. The molecule has 2 fully saturated rings. The molecule has 0 spiro atoms. The molecule has 0 aliphatic carbocycles. The molecule has 208 valence electrons. The number of hydrogen-bond donors (Lipinski definition) is 2. The van der Waals surface area contributed by atoms with Crippen LogP contribution in [-0.4, -0.2) is 85.5 Å². The van der Waals surface area contributed by atoms with Gasteiger partial charge in [0.1, 0.15) is 0 Å². The average molecular weight is 560 g/mol. The summed E-state index contributed by atoms with van der Waals surface area (Å²) in [5.41, 5.74) is 2.58. The highest BCUT2D eigenvalue weighted by Crippen LogP contribution is 2.24. The van der Waals surface area contributed by atoms with Crippen molar-refractivity contribution in [3.63, 3.8) is 0 Å². The van der Waals surface area contributed by atoms with Crippen molar-refractivity contribution in [3.05, 3.63) is 34.3 Å². The minimum atomic E-state index is -5.08. The molecule has 2 aromatic rings. The van der Waals surface area contributed by atoms with Crippen LogP contribution in [0.15, 0.2) is 23.0 Å². The Morgan fingerprint density at radius 1 is 0.919 bits per heavy atom. The minimum absolute atomic E-state index is 0.522. The quantitative estimate of drug-likeness (QED) is 0.529. The van der Waals surface area contributed by atoms with E-state index in [4.69, 9.17) is 19.8 Å². The highest BCUT2D eigenvalue weighted by molar-refractivity contribution is 7.07. The fraction of sp³-hybridized carbons (Fsp3) is 0.619. The first kappa shape index (κ1) is 30.5. The number of nitrogens with zero attached hydrogens (tertiary/aromatic N) is 5. The van der Waals surface area contributed by atoms with Gasteiger partial charge in [0, 0.05) is 26.2 Å². The molecule has 4 heterocycles. The number of halogens is 6. The molecule has 0 radical (unpaired) electrons. The Morgan fingerprint density at radius 3 is 1.89 bits per heavy atom. The number of piperidine rings is 1. The van der Waals surface area contributed by atoms with Crippen LogP contribution >= 0.6 is 11.3 Å². The number of alkyl halides is 6. The Hall–Kier alpha value is -2.72. The standard InChI is InChI=1S/C17H25N5S.2C2HF3O2/c1-2-7-20(6-1)12-16-13-22(19-18-16)17-3-8-21(9-4-17)11-15-5-10-23-14-15;2*3-2(4,5)1(6)7/h5,10,13-14,17H,1-4,6-9,11-12H2;2*(H,6,7). The second-order valence-corrected chi connectivity index (χ2v) is 9.20. The van der Waals surface area contributed by atoms with Crippen molar-refractivity contribution in [2.24, 2.45) is 0 Å². The normalized spacial score (nSPS) is 17.5. The number of likely N-dealkylation sites (tertiary alicyclic amines) is 2. The Kier molecular flexibility index (Phi) is 11.3. The number of aromatic nitrogens is 3. The fourth-order valence-corrected chi connectivity index (χ4v) is 4.38. The van der Waals surface area contributed by atoms with Crippen LogP contribution in [0.4, 0.5) is 26.3 Å². The molecule has 16 heteroatoms. The zero-order chi connectivity index (χ0) is 27.6. The summed E-state index contributed by atoms with van der Waals surface area (Å²) in [7, 11) is 0. The number of thiophene rings is 1. The van der Waals surface area contributed by atoms with E-state index in [1.165, 1.54) is 44.3 Å². The maximum atomic E-state index is 10.6. The zero-order valence-electron chi connectivity index (χ0n) is 19.6. The molecule has 2 aromatic heterocycles. The van der Waals surface area contributed by atoms with Crippen molar-refractivity contribution in [1.29, 1.82) is 0 Å². The van der Waals surface area contributed by atoms with Gasteiger partial charge >= 0.3 is 24.3 Å². The first-order valence-electron chi connectivity index (χ1n) is 11.2. The van der Waals surface area contributed by atoms with Gasteiger partial charge in [0.25, 0.3) is 0 Å². The lowest BCUT2D eigenvalue weighted by Gasteiger charge is -2.31. The highest BCUT2D eigenvalue weighted by atomic mass is 32.1. The van der Waals surface area contributed by atoms with Crippen LogP contribution in [0.25, 0.3) is 0 Å². The zero-order valence-corrected chi connectivity index (χ0v) is 20.4. The van der Waals surface area contributed by atoms with E-state index in [0.717, 1.165) is 31.9 Å². The molecule has 0 bridgehead atoms. The summed E-state index contributed by atoms with van der Waals surface area (Å²) in [4.78, 5) is 22.8. The lowest BCUT2D eigenvalue weighted by atomic mass is 10.0. The smallest absolute Gasteiger partial charge is 0.475 e.